The van der Waals surface area contributed by atoms with Crippen molar-refractivity contribution in [3.8, 4) is 11.5 Å². The van der Waals surface area contributed by atoms with E-state index in [9.17, 15) is 4.79 Å². The second kappa shape index (κ2) is 11.3. The standard InChI is InChI=1S/C17H23IO4/c1-21-16-13-14(8-10-17(19)20)7-9-15(16)22-12-6-4-2-3-5-11-18/h7-10,13H,2-6,11-12H2,1H3,(H,19,20)/b10-8+. The van der Waals surface area contributed by atoms with Crippen molar-refractivity contribution < 1.29 is 19.4 Å². The highest BCUT2D eigenvalue weighted by atomic mass is 127. The Labute approximate surface area is 145 Å². The van der Waals surface area contributed by atoms with Gasteiger partial charge in [0.1, 0.15) is 0 Å². The molecule has 0 aromatic heterocycles. The van der Waals surface area contributed by atoms with Gasteiger partial charge >= 0.3 is 5.97 Å². The molecule has 0 fully saturated rings. The molecule has 1 aromatic rings. The summed E-state index contributed by atoms with van der Waals surface area (Å²) >= 11 is 2.41. The quantitative estimate of drug-likeness (QED) is 0.248. The minimum atomic E-state index is -0.970. The van der Waals surface area contributed by atoms with Crippen molar-refractivity contribution in [1.29, 1.82) is 0 Å². The monoisotopic (exact) mass is 418 g/mol. The number of aliphatic carboxylic acids is 1. The summed E-state index contributed by atoms with van der Waals surface area (Å²) in [5.74, 6) is 0.349. The first-order valence-electron chi connectivity index (χ1n) is 7.45. The molecule has 0 bridgehead atoms. The molecule has 0 aliphatic rings. The van der Waals surface area contributed by atoms with Crippen LogP contribution in [0.5, 0.6) is 11.5 Å². The minimum Gasteiger partial charge on any atom is -0.493 e. The van der Waals surface area contributed by atoms with Gasteiger partial charge in [0.25, 0.3) is 0 Å². The molecule has 0 unspecified atom stereocenters. The summed E-state index contributed by atoms with van der Waals surface area (Å²) in [4.78, 5) is 10.5. The van der Waals surface area contributed by atoms with Crippen molar-refractivity contribution in [2.24, 2.45) is 0 Å². The third kappa shape index (κ3) is 7.68. The number of carboxylic acids is 1. The maximum atomic E-state index is 10.5. The second-order valence-corrected chi connectivity index (χ2v) is 5.97. The molecule has 0 saturated carbocycles. The number of carbonyl (C=O) groups is 1. The third-order valence-corrected chi connectivity index (χ3v) is 3.90. The molecule has 0 aliphatic heterocycles. The summed E-state index contributed by atoms with van der Waals surface area (Å²) in [5, 5.41) is 8.63. The number of benzene rings is 1. The van der Waals surface area contributed by atoms with E-state index in [2.05, 4.69) is 22.6 Å². The smallest absolute Gasteiger partial charge is 0.328 e. The highest BCUT2D eigenvalue weighted by Crippen LogP contribution is 2.28. The molecular weight excluding hydrogens is 395 g/mol. The number of unbranched alkanes of at least 4 members (excludes halogenated alkanes) is 4. The zero-order chi connectivity index (χ0) is 16.2. The number of methoxy groups -OCH3 is 1. The van der Waals surface area contributed by atoms with Crippen LogP contribution in [0.3, 0.4) is 0 Å². The largest absolute Gasteiger partial charge is 0.493 e. The van der Waals surface area contributed by atoms with Crippen LogP contribution in [0.2, 0.25) is 0 Å². The molecule has 0 radical (unpaired) electrons. The van der Waals surface area contributed by atoms with Crippen molar-refractivity contribution in [2.75, 3.05) is 18.1 Å². The van der Waals surface area contributed by atoms with Crippen LogP contribution >= 0.6 is 22.6 Å². The highest BCUT2D eigenvalue weighted by Gasteiger charge is 2.05. The van der Waals surface area contributed by atoms with Crippen molar-refractivity contribution in [2.45, 2.75) is 32.1 Å². The molecule has 1 rings (SSSR count). The fraction of sp³-hybridized carbons (Fsp3) is 0.471. The van der Waals surface area contributed by atoms with E-state index in [-0.39, 0.29) is 0 Å². The molecule has 5 heteroatoms. The average Bonchev–Trinajstić information content (AvgIpc) is 2.52. The Hall–Kier alpha value is -1.24. The minimum absolute atomic E-state index is 0.623. The van der Waals surface area contributed by atoms with Crippen LogP contribution in [0.4, 0.5) is 0 Å². The van der Waals surface area contributed by atoms with Crippen molar-refractivity contribution >= 4 is 34.6 Å². The summed E-state index contributed by atoms with van der Waals surface area (Å²) in [6, 6.07) is 5.41. The normalized spacial score (nSPS) is 10.8. The number of alkyl halides is 1. The van der Waals surface area contributed by atoms with Gasteiger partial charge < -0.3 is 14.6 Å². The van der Waals surface area contributed by atoms with E-state index in [1.54, 1.807) is 13.2 Å². The summed E-state index contributed by atoms with van der Waals surface area (Å²) in [6.45, 7) is 0.672. The summed E-state index contributed by atoms with van der Waals surface area (Å²) < 4.78 is 12.3. The lowest BCUT2D eigenvalue weighted by Gasteiger charge is -2.11. The van der Waals surface area contributed by atoms with Gasteiger partial charge in [-0.25, -0.2) is 4.79 Å². The Kier molecular flexibility index (Phi) is 9.70. The zero-order valence-electron chi connectivity index (χ0n) is 12.9. The number of hydrogen-bond acceptors (Lipinski definition) is 3. The third-order valence-electron chi connectivity index (χ3n) is 3.14. The van der Waals surface area contributed by atoms with Crippen LogP contribution in [-0.4, -0.2) is 29.2 Å². The average molecular weight is 418 g/mol. The Morgan fingerprint density at radius 1 is 1.18 bits per heavy atom. The summed E-state index contributed by atoms with van der Waals surface area (Å²) in [7, 11) is 1.58. The van der Waals surface area contributed by atoms with Crippen LogP contribution in [0.1, 0.15) is 37.7 Å². The van der Waals surface area contributed by atoms with Crippen molar-refractivity contribution in [3.63, 3.8) is 0 Å². The lowest BCUT2D eigenvalue weighted by Crippen LogP contribution is -1.99. The number of ether oxygens (including phenoxy) is 2. The first-order chi connectivity index (χ1) is 10.7. The lowest BCUT2D eigenvalue weighted by atomic mass is 10.1. The molecule has 1 N–H and O–H groups in total. The Morgan fingerprint density at radius 2 is 1.91 bits per heavy atom. The maximum absolute atomic E-state index is 10.5. The number of rotatable bonds is 11. The Bertz CT molecular complexity index is 486. The molecular formula is C17H23IO4. The molecule has 0 spiro atoms. The molecule has 1 aromatic carbocycles. The predicted molar refractivity (Wildman–Crippen MR) is 97.1 cm³/mol. The summed E-state index contributed by atoms with van der Waals surface area (Å²) in [6.07, 6.45) is 8.68. The van der Waals surface area contributed by atoms with Gasteiger partial charge in [0, 0.05) is 6.08 Å². The molecule has 122 valence electrons. The fourth-order valence-electron chi connectivity index (χ4n) is 1.98. The number of halogens is 1. The van der Waals surface area contributed by atoms with E-state index in [1.165, 1.54) is 36.2 Å². The Balaban J connectivity index is 2.44. The van der Waals surface area contributed by atoms with Gasteiger partial charge in [0.15, 0.2) is 11.5 Å². The second-order valence-electron chi connectivity index (χ2n) is 4.89. The van der Waals surface area contributed by atoms with E-state index in [0.29, 0.717) is 18.1 Å². The van der Waals surface area contributed by atoms with E-state index in [4.69, 9.17) is 14.6 Å². The summed E-state index contributed by atoms with van der Waals surface area (Å²) in [5.41, 5.74) is 0.769. The first kappa shape index (κ1) is 18.8. The van der Waals surface area contributed by atoms with Gasteiger partial charge in [0.2, 0.25) is 0 Å². The van der Waals surface area contributed by atoms with Gasteiger partial charge in [-0.05, 0) is 41.0 Å². The number of hydrogen-bond donors (Lipinski definition) is 1. The zero-order valence-corrected chi connectivity index (χ0v) is 15.0. The van der Waals surface area contributed by atoms with Gasteiger partial charge in [-0.15, -0.1) is 0 Å². The number of carboxylic acid groups (broad SMARTS) is 1. The molecule has 22 heavy (non-hydrogen) atoms. The van der Waals surface area contributed by atoms with Gasteiger partial charge in [-0.3, -0.25) is 0 Å². The van der Waals surface area contributed by atoms with E-state index in [0.717, 1.165) is 18.1 Å². The molecule has 0 saturated heterocycles. The Morgan fingerprint density at radius 3 is 2.59 bits per heavy atom. The molecule has 0 amide bonds. The SMILES string of the molecule is COc1cc(/C=C/C(=O)O)ccc1OCCCCCCCI. The van der Waals surface area contributed by atoms with E-state index >= 15 is 0 Å². The van der Waals surface area contributed by atoms with Crippen LogP contribution < -0.4 is 9.47 Å². The van der Waals surface area contributed by atoms with Crippen LogP contribution in [0, 0.1) is 0 Å². The lowest BCUT2D eigenvalue weighted by molar-refractivity contribution is -0.131. The fourth-order valence-corrected chi connectivity index (χ4v) is 2.52. The van der Waals surface area contributed by atoms with Gasteiger partial charge in [-0.2, -0.15) is 0 Å². The van der Waals surface area contributed by atoms with Crippen molar-refractivity contribution in [3.05, 3.63) is 29.8 Å². The van der Waals surface area contributed by atoms with E-state index < -0.39 is 5.97 Å². The topological polar surface area (TPSA) is 55.8 Å². The highest BCUT2D eigenvalue weighted by molar-refractivity contribution is 14.1. The van der Waals surface area contributed by atoms with Crippen LogP contribution in [0.15, 0.2) is 24.3 Å². The predicted octanol–water partition coefficient (Wildman–Crippen LogP) is 4.56. The van der Waals surface area contributed by atoms with Crippen molar-refractivity contribution in [1.82, 2.24) is 0 Å². The molecule has 0 heterocycles. The maximum Gasteiger partial charge on any atom is 0.328 e. The first-order valence-corrected chi connectivity index (χ1v) is 8.97. The van der Waals surface area contributed by atoms with Crippen LogP contribution in [-0.2, 0) is 4.79 Å². The molecule has 4 nitrogen and oxygen atoms in total. The van der Waals surface area contributed by atoms with E-state index in [1.807, 2.05) is 12.1 Å². The molecule has 0 atom stereocenters. The van der Waals surface area contributed by atoms with Gasteiger partial charge in [0.05, 0.1) is 13.7 Å². The van der Waals surface area contributed by atoms with Crippen LogP contribution in [0.25, 0.3) is 6.08 Å². The van der Waals surface area contributed by atoms with Gasteiger partial charge in [-0.1, -0.05) is 47.9 Å². The molecule has 0 aliphatic carbocycles.